The van der Waals surface area contributed by atoms with E-state index in [1.807, 2.05) is 27.3 Å². The second-order valence-electron chi connectivity index (χ2n) is 8.41. The molecule has 5 rings (SSSR count). The van der Waals surface area contributed by atoms with Crippen LogP contribution in [0, 0.1) is 10.1 Å². The number of nitrogens with zero attached hydrogens (tertiary/aromatic N) is 5. The van der Waals surface area contributed by atoms with Crippen LogP contribution < -0.4 is 0 Å². The zero-order valence-corrected chi connectivity index (χ0v) is 19.2. The molecule has 34 heavy (non-hydrogen) atoms. The van der Waals surface area contributed by atoms with Crippen molar-refractivity contribution in [2.75, 3.05) is 39.3 Å². The standard InChI is InChI=1S/C24H23N5O4S/c30-23(19-3-1-17(2-4-19)18-5-7-20(8-6-18)29(32)33)28-15-21(16-28)26-10-12-27(13-11-26)24(31)22-25-9-14-34-22/h1-9,14,21H,10-13,15-16H2. The van der Waals surface area contributed by atoms with Gasteiger partial charge >= 0.3 is 0 Å². The van der Waals surface area contributed by atoms with Gasteiger partial charge in [0, 0.05) is 74.6 Å². The average molecular weight is 478 g/mol. The number of non-ortho nitro benzene ring substituents is 1. The molecule has 9 nitrogen and oxygen atoms in total. The lowest BCUT2D eigenvalue weighted by Crippen LogP contribution is -2.64. The van der Waals surface area contributed by atoms with E-state index in [2.05, 4.69) is 9.88 Å². The number of nitro benzene ring substituents is 1. The predicted octanol–water partition coefficient (Wildman–Crippen LogP) is 3.00. The Labute approximate surface area is 200 Å². The number of rotatable bonds is 5. The Morgan fingerprint density at radius 3 is 2.06 bits per heavy atom. The highest BCUT2D eigenvalue weighted by molar-refractivity contribution is 7.11. The maximum atomic E-state index is 12.9. The molecule has 3 aromatic rings. The molecule has 2 amide bonds. The van der Waals surface area contributed by atoms with Gasteiger partial charge in [-0.05, 0) is 35.4 Å². The van der Waals surface area contributed by atoms with Crippen molar-refractivity contribution in [3.63, 3.8) is 0 Å². The van der Waals surface area contributed by atoms with Crippen LogP contribution in [0.25, 0.3) is 11.1 Å². The first kappa shape index (κ1) is 22.2. The summed E-state index contributed by atoms with van der Waals surface area (Å²) in [4.78, 5) is 45.9. The number of thiazole rings is 1. The molecule has 0 atom stereocenters. The summed E-state index contributed by atoms with van der Waals surface area (Å²) in [7, 11) is 0. The lowest BCUT2D eigenvalue weighted by molar-refractivity contribution is -0.384. The van der Waals surface area contributed by atoms with Crippen molar-refractivity contribution < 1.29 is 14.5 Å². The van der Waals surface area contributed by atoms with Crippen molar-refractivity contribution in [2.24, 2.45) is 0 Å². The molecule has 0 aliphatic carbocycles. The predicted molar refractivity (Wildman–Crippen MR) is 128 cm³/mol. The Morgan fingerprint density at radius 1 is 0.882 bits per heavy atom. The molecule has 10 heteroatoms. The monoisotopic (exact) mass is 477 g/mol. The summed E-state index contributed by atoms with van der Waals surface area (Å²) in [6.45, 7) is 4.31. The molecule has 2 saturated heterocycles. The van der Waals surface area contributed by atoms with E-state index in [-0.39, 0.29) is 17.5 Å². The molecule has 0 radical (unpaired) electrons. The van der Waals surface area contributed by atoms with Crippen LogP contribution in [0.5, 0.6) is 0 Å². The molecule has 1 aromatic heterocycles. The van der Waals surface area contributed by atoms with E-state index in [0.717, 1.165) is 24.2 Å². The summed E-state index contributed by atoms with van der Waals surface area (Å²) in [5.41, 5.74) is 2.44. The number of likely N-dealkylation sites (tertiary alicyclic amines) is 1. The van der Waals surface area contributed by atoms with E-state index in [4.69, 9.17) is 0 Å². The average Bonchev–Trinajstić information content (AvgIpc) is 3.38. The van der Waals surface area contributed by atoms with E-state index < -0.39 is 4.92 Å². The maximum Gasteiger partial charge on any atom is 0.282 e. The van der Waals surface area contributed by atoms with Gasteiger partial charge in [-0.1, -0.05) is 12.1 Å². The van der Waals surface area contributed by atoms with Gasteiger partial charge in [-0.3, -0.25) is 24.6 Å². The van der Waals surface area contributed by atoms with Gasteiger partial charge in [0.05, 0.1) is 4.92 Å². The summed E-state index contributed by atoms with van der Waals surface area (Å²) in [5, 5.41) is 13.2. The molecule has 174 valence electrons. The van der Waals surface area contributed by atoms with Gasteiger partial charge in [-0.15, -0.1) is 11.3 Å². The zero-order chi connectivity index (χ0) is 23.7. The molecule has 2 fully saturated rings. The largest absolute Gasteiger partial charge is 0.335 e. The summed E-state index contributed by atoms with van der Waals surface area (Å²) >= 11 is 1.37. The molecular formula is C24H23N5O4S. The molecular weight excluding hydrogens is 454 g/mol. The first-order chi connectivity index (χ1) is 16.5. The zero-order valence-electron chi connectivity index (χ0n) is 18.4. The van der Waals surface area contributed by atoms with Crippen LogP contribution in [-0.2, 0) is 0 Å². The number of amides is 2. The number of benzene rings is 2. The lowest BCUT2D eigenvalue weighted by atomic mass is 10.0. The van der Waals surface area contributed by atoms with Crippen LogP contribution in [0.15, 0.2) is 60.1 Å². The Balaban J connectivity index is 1.12. The van der Waals surface area contributed by atoms with Crippen molar-refractivity contribution >= 4 is 28.8 Å². The Kier molecular flexibility index (Phi) is 6.08. The van der Waals surface area contributed by atoms with Crippen molar-refractivity contribution in [1.29, 1.82) is 0 Å². The van der Waals surface area contributed by atoms with Crippen molar-refractivity contribution in [2.45, 2.75) is 6.04 Å². The normalized spacial score (nSPS) is 16.8. The molecule has 0 spiro atoms. The number of carbonyl (C=O) groups excluding carboxylic acids is 2. The molecule has 0 bridgehead atoms. The van der Waals surface area contributed by atoms with Gasteiger partial charge in [0.2, 0.25) is 0 Å². The van der Waals surface area contributed by atoms with Gasteiger partial charge in [-0.2, -0.15) is 0 Å². The number of piperazine rings is 1. The highest BCUT2D eigenvalue weighted by Crippen LogP contribution is 2.25. The second kappa shape index (κ2) is 9.32. The molecule has 3 heterocycles. The van der Waals surface area contributed by atoms with E-state index >= 15 is 0 Å². The third-order valence-corrected chi connectivity index (χ3v) is 7.19. The number of aromatic nitrogens is 1. The van der Waals surface area contributed by atoms with E-state index in [1.165, 1.54) is 23.5 Å². The number of nitro groups is 1. The highest BCUT2D eigenvalue weighted by atomic mass is 32.1. The van der Waals surface area contributed by atoms with Crippen molar-refractivity contribution in [3.8, 4) is 11.1 Å². The summed E-state index contributed by atoms with van der Waals surface area (Å²) in [6, 6.07) is 14.0. The van der Waals surface area contributed by atoms with E-state index in [0.29, 0.717) is 42.8 Å². The van der Waals surface area contributed by atoms with Crippen LogP contribution in [0.1, 0.15) is 20.2 Å². The molecule has 0 N–H and O–H groups in total. The Hall–Kier alpha value is -3.63. The first-order valence-corrected chi connectivity index (χ1v) is 11.9. The SMILES string of the molecule is O=C(c1ccc(-c2ccc([N+](=O)[O-])cc2)cc1)N1CC(N2CCN(C(=O)c3nccs3)CC2)C1. The fraction of sp³-hybridized carbons (Fsp3) is 0.292. The topological polar surface area (TPSA) is 99.9 Å². The molecule has 0 unspecified atom stereocenters. The minimum atomic E-state index is -0.423. The van der Waals surface area contributed by atoms with Crippen molar-refractivity contribution in [1.82, 2.24) is 19.7 Å². The van der Waals surface area contributed by atoms with Crippen LogP contribution >= 0.6 is 11.3 Å². The van der Waals surface area contributed by atoms with Crippen LogP contribution in [0.2, 0.25) is 0 Å². The molecule has 2 aliphatic heterocycles. The smallest absolute Gasteiger partial charge is 0.282 e. The third kappa shape index (κ3) is 4.42. The fourth-order valence-corrected chi connectivity index (χ4v) is 4.97. The summed E-state index contributed by atoms with van der Waals surface area (Å²) in [6.07, 6.45) is 1.65. The Morgan fingerprint density at radius 2 is 1.50 bits per heavy atom. The number of hydrogen-bond donors (Lipinski definition) is 0. The minimum absolute atomic E-state index is 0.00256. The summed E-state index contributed by atoms with van der Waals surface area (Å²) < 4.78 is 0. The van der Waals surface area contributed by atoms with Gasteiger partial charge in [0.1, 0.15) is 0 Å². The van der Waals surface area contributed by atoms with Gasteiger partial charge < -0.3 is 9.80 Å². The van der Waals surface area contributed by atoms with E-state index in [9.17, 15) is 19.7 Å². The number of hydrogen-bond acceptors (Lipinski definition) is 7. The highest BCUT2D eigenvalue weighted by Gasteiger charge is 2.37. The first-order valence-electron chi connectivity index (χ1n) is 11.1. The van der Waals surface area contributed by atoms with Crippen LogP contribution in [0.3, 0.4) is 0 Å². The fourth-order valence-electron chi connectivity index (χ4n) is 4.37. The Bertz CT molecular complexity index is 1180. The van der Waals surface area contributed by atoms with Crippen LogP contribution in [-0.4, -0.2) is 81.7 Å². The lowest BCUT2D eigenvalue weighted by Gasteiger charge is -2.48. The quantitative estimate of drug-likeness (QED) is 0.414. The second-order valence-corrected chi connectivity index (χ2v) is 9.31. The van der Waals surface area contributed by atoms with Crippen LogP contribution in [0.4, 0.5) is 5.69 Å². The minimum Gasteiger partial charge on any atom is -0.335 e. The number of carbonyl (C=O) groups is 2. The summed E-state index contributed by atoms with van der Waals surface area (Å²) in [5.74, 6) is 0.00122. The molecule has 2 aliphatic rings. The van der Waals surface area contributed by atoms with E-state index in [1.54, 1.807) is 30.5 Å². The molecule has 0 saturated carbocycles. The van der Waals surface area contributed by atoms with Gasteiger partial charge in [-0.25, -0.2) is 4.98 Å². The van der Waals surface area contributed by atoms with Gasteiger partial charge in [0.25, 0.3) is 17.5 Å². The van der Waals surface area contributed by atoms with Crippen molar-refractivity contribution in [3.05, 3.63) is 80.8 Å². The molecule has 2 aromatic carbocycles. The van der Waals surface area contributed by atoms with Gasteiger partial charge in [0.15, 0.2) is 5.01 Å². The third-order valence-electron chi connectivity index (χ3n) is 6.43. The maximum absolute atomic E-state index is 12.9.